The number of hydrogen-bond acceptors (Lipinski definition) is 3. The highest BCUT2D eigenvalue weighted by Gasteiger charge is 2.11. The molecule has 0 saturated carbocycles. The molecule has 1 aromatic carbocycles. The largest absolute Gasteiger partial charge is 0.493 e. The summed E-state index contributed by atoms with van der Waals surface area (Å²) in [6, 6.07) is 3.87. The second kappa shape index (κ2) is 12.4. The first-order valence-electron chi connectivity index (χ1n) is 7.50. The third kappa shape index (κ3) is 6.88. The quantitative estimate of drug-likeness (QED) is 0.188. The van der Waals surface area contributed by atoms with E-state index in [1.54, 1.807) is 21.3 Å². The van der Waals surface area contributed by atoms with Gasteiger partial charge in [0.25, 0.3) is 0 Å². The number of guanidine groups is 1. The lowest BCUT2D eigenvalue weighted by Crippen LogP contribution is -2.39. The summed E-state index contributed by atoms with van der Waals surface area (Å²) in [5, 5.41) is 3.37. The molecule has 0 radical (unpaired) electrons. The van der Waals surface area contributed by atoms with Gasteiger partial charge in [-0.05, 0) is 30.5 Å². The Morgan fingerprint density at radius 2 is 1.96 bits per heavy atom. The second-order valence-corrected chi connectivity index (χ2v) is 5.91. The third-order valence-electron chi connectivity index (χ3n) is 3.46. The molecule has 5 nitrogen and oxygen atoms in total. The van der Waals surface area contributed by atoms with Crippen LogP contribution in [0.15, 0.2) is 34.3 Å². The maximum Gasteiger partial charge on any atom is 0.193 e. The number of rotatable bonds is 8. The molecule has 1 N–H and O–H groups in total. The maximum absolute atomic E-state index is 5.35. The zero-order chi connectivity index (χ0) is 17.2. The molecule has 0 unspecified atom stereocenters. The van der Waals surface area contributed by atoms with E-state index in [0.29, 0.717) is 18.0 Å². The van der Waals surface area contributed by atoms with Crippen LogP contribution < -0.4 is 14.8 Å². The number of hydrogen-bond donors (Lipinski definition) is 1. The molecule has 0 bridgehead atoms. The van der Waals surface area contributed by atoms with Crippen LogP contribution in [0.2, 0.25) is 0 Å². The lowest BCUT2D eigenvalue weighted by Gasteiger charge is -2.22. The Morgan fingerprint density at radius 1 is 1.33 bits per heavy atom. The Hall–Kier alpha value is -0.960. The molecular weight excluding hydrogens is 485 g/mol. The number of benzene rings is 1. The average Bonchev–Trinajstić information content (AvgIpc) is 2.56. The van der Waals surface area contributed by atoms with Crippen molar-refractivity contribution in [2.45, 2.75) is 19.4 Å². The van der Waals surface area contributed by atoms with Crippen LogP contribution >= 0.6 is 39.9 Å². The van der Waals surface area contributed by atoms with Gasteiger partial charge in [-0.2, -0.15) is 0 Å². The van der Waals surface area contributed by atoms with Crippen molar-refractivity contribution in [3.05, 3.63) is 34.8 Å². The summed E-state index contributed by atoms with van der Waals surface area (Å²) < 4.78 is 11.6. The third-order valence-corrected chi connectivity index (χ3v) is 4.20. The van der Waals surface area contributed by atoms with E-state index in [-0.39, 0.29) is 24.0 Å². The minimum absolute atomic E-state index is 0. The Balaban J connectivity index is 0.00000529. The molecular formula is C17H27BrIN3O2. The summed E-state index contributed by atoms with van der Waals surface area (Å²) in [6.45, 7) is 5.31. The lowest BCUT2D eigenvalue weighted by atomic mass is 10.2. The Labute approximate surface area is 170 Å². The van der Waals surface area contributed by atoms with E-state index in [4.69, 9.17) is 9.47 Å². The Kier molecular flexibility index (Phi) is 11.9. The fourth-order valence-corrected chi connectivity index (χ4v) is 2.63. The minimum Gasteiger partial charge on any atom is -0.493 e. The van der Waals surface area contributed by atoms with E-state index in [9.17, 15) is 0 Å². The van der Waals surface area contributed by atoms with E-state index in [2.05, 4.69) is 37.7 Å². The summed E-state index contributed by atoms with van der Waals surface area (Å²) >= 11 is 3.57. The van der Waals surface area contributed by atoms with E-state index in [1.807, 2.05) is 25.3 Å². The SMILES string of the molecule is C=CCCCN(C)C(=NC)NCc1cc(OC)c(OC)cc1Br.I. The van der Waals surface area contributed by atoms with Crippen molar-refractivity contribution >= 4 is 45.9 Å². The van der Waals surface area contributed by atoms with Crippen LogP contribution in [0.3, 0.4) is 0 Å². The molecule has 0 aliphatic rings. The van der Waals surface area contributed by atoms with Gasteiger partial charge in [-0.15, -0.1) is 30.6 Å². The molecule has 0 heterocycles. The van der Waals surface area contributed by atoms with Crippen molar-refractivity contribution in [3.63, 3.8) is 0 Å². The van der Waals surface area contributed by atoms with Crippen molar-refractivity contribution in [1.29, 1.82) is 0 Å². The van der Waals surface area contributed by atoms with E-state index in [1.165, 1.54) is 0 Å². The van der Waals surface area contributed by atoms with Crippen LogP contribution in [0.4, 0.5) is 0 Å². The molecule has 7 heteroatoms. The summed E-state index contributed by atoms with van der Waals surface area (Å²) in [5.41, 5.74) is 1.07. The summed E-state index contributed by atoms with van der Waals surface area (Å²) in [6.07, 6.45) is 3.99. The topological polar surface area (TPSA) is 46.1 Å². The number of allylic oxidation sites excluding steroid dienone is 1. The van der Waals surface area contributed by atoms with Crippen LogP contribution in [-0.2, 0) is 6.54 Å². The van der Waals surface area contributed by atoms with E-state index in [0.717, 1.165) is 35.4 Å². The first-order chi connectivity index (χ1) is 11.1. The highest BCUT2D eigenvalue weighted by atomic mass is 127. The number of aliphatic imine (C=N–C) groups is 1. The van der Waals surface area contributed by atoms with Gasteiger partial charge in [-0.25, -0.2) is 0 Å². The van der Waals surface area contributed by atoms with Gasteiger partial charge in [0.15, 0.2) is 17.5 Å². The molecule has 136 valence electrons. The number of methoxy groups -OCH3 is 2. The van der Waals surface area contributed by atoms with Gasteiger partial charge in [-0.3, -0.25) is 4.99 Å². The van der Waals surface area contributed by atoms with Crippen LogP contribution in [-0.4, -0.2) is 45.7 Å². The van der Waals surface area contributed by atoms with Gasteiger partial charge in [0.2, 0.25) is 0 Å². The van der Waals surface area contributed by atoms with Crippen LogP contribution in [0.25, 0.3) is 0 Å². The van der Waals surface area contributed by atoms with Crippen LogP contribution in [0, 0.1) is 0 Å². The van der Waals surface area contributed by atoms with Gasteiger partial charge in [0.1, 0.15) is 0 Å². The van der Waals surface area contributed by atoms with E-state index >= 15 is 0 Å². The average molecular weight is 512 g/mol. The van der Waals surface area contributed by atoms with Gasteiger partial charge >= 0.3 is 0 Å². The zero-order valence-electron chi connectivity index (χ0n) is 14.8. The molecule has 0 aliphatic heterocycles. The van der Waals surface area contributed by atoms with Gasteiger partial charge < -0.3 is 19.7 Å². The highest BCUT2D eigenvalue weighted by molar-refractivity contribution is 14.0. The van der Waals surface area contributed by atoms with E-state index < -0.39 is 0 Å². The van der Waals surface area contributed by atoms with Gasteiger partial charge in [-0.1, -0.05) is 22.0 Å². The summed E-state index contributed by atoms with van der Waals surface area (Å²) in [7, 11) is 7.08. The zero-order valence-corrected chi connectivity index (χ0v) is 18.7. The fourth-order valence-electron chi connectivity index (χ4n) is 2.17. The van der Waals surface area contributed by atoms with Crippen molar-refractivity contribution in [2.24, 2.45) is 4.99 Å². The van der Waals surface area contributed by atoms with Gasteiger partial charge in [0.05, 0.1) is 14.2 Å². The number of nitrogens with zero attached hydrogens (tertiary/aromatic N) is 2. The first-order valence-corrected chi connectivity index (χ1v) is 8.29. The molecule has 1 aromatic rings. The fraction of sp³-hybridized carbons (Fsp3) is 0.471. The molecule has 0 aromatic heterocycles. The highest BCUT2D eigenvalue weighted by Crippen LogP contribution is 2.33. The van der Waals surface area contributed by atoms with Crippen molar-refractivity contribution in [2.75, 3.05) is 34.9 Å². The van der Waals surface area contributed by atoms with Crippen molar-refractivity contribution in [1.82, 2.24) is 10.2 Å². The van der Waals surface area contributed by atoms with Crippen LogP contribution in [0.5, 0.6) is 11.5 Å². The number of unbranched alkanes of at least 4 members (excludes halogenated alkanes) is 1. The van der Waals surface area contributed by atoms with Crippen molar-refractivity contribution in [3.8, 4) is 11.5 Å². The molecule has 0 amide bonds. The molecule has 0 atom stereocenters. The Bertz CT molecular complexity index is 553. The molecule has 0 fully saturated rings. The Morgan fingerprint density at radius 3 is 2.50 bits per heavy atom. The number of nitrogens with one attached hydrogen (secondary N) is 1. The molecule has 0 aliphatic carbocycles. The number of halogens is 2. The number of ether oxygens (including phenoxy) is 2. The van der Waals surface area contributed by atoms with Crippen LogP contribution in [0.1, 0.15) is 18.4 Å². The molecule has 0 spiro atoms. The summed E-state index contributed by atoms with van der Waals surface area (Å²) in [4.78, 5) is 6.43. The standard InChI is InChI=1S/C17H26BrN3O2.HI/c1-6-7-8-9-21(3)17(19-2)20-12-13-10-15(22-4)16(23-5)11-14(13)18;/h6,10-11H,1,7-9,12H2,2-5H3,(H,19,20);1H. The lowest BCUT2D eigenvalue weighted by molar-refractivity contribution is 0.354. The molecule has 24 heavy (non-hydrogen) atoms. The smallest absolute Gasteiger partial charge is 0.193 e. The molecule has 0 saturated heterocycles. The van der Waals surface area contributed by atoms with Gasteiger partial charge in [0, 0.05) is 31.7 Å². The predicted molar refractivity (Wildman–Crippen MR) is 115 cm³/mol. The maximum atomic E-state index is 5.35. The normalized spacial score (nSPS) is 10.6. The monoisotopic (exact) mass is 511 g/mol. The van der Waals surface area contributed by atoms with Crippen molar-refractivity contribution < 1.29 is 9.47 Å². The second-order valence-electron chi connectivity index (χ2n) is 5.05. The predicted octanol–water partition coefficient (Wildman–Crippen LogP) is 4.06. The summed E-state index contributed by atoms with van der Waals surface area (Å²) in [5.74, 6) is 2.27. The minimum atomic E-state index is 0. The molecule has 1 rings (SSSR count). The first kappa shape index (κ1) is 23.0.